The first kappa shape index (κ1) is 17.1. The molecule has 25 heavy (non-hydrogen) atoms. The smallest absolute Gasteiger partial charge is 0.317 e. The molecule has 2 amide bonds. The number of pyridine rings is 1. The Kier molecular flexibility index (Phi) is 5.72. The lowest BCUT2D eigenvalue weighted by Crippen LogP contribution is -2.51. The van der Waals surface area contributed by atoms with E-state index in [-0.39, 0.29) is 6.03 Å². The average Bonchev–Trinajstić information content (AvgIpc) is 2.68. The molecule has 6 heteroatoms. The van der Waals surface area contributed by atoms with Crippen molar-refractivity contribution in [3.8, 4) is 5.88 Å². The minimum absolute atomic E-state index is 0.0426. The second kappa shape index (κ2) is 8.37. The van der Waals surface area contributed by atoms with Gasteiger partial charge in [0.15, 0.2) is 0 Å². The highest BCUT2D eigenvalue weighted by atomic mass is 16.5. The van der Waals surface area contributed by atoms with Gasteiger partial charge in [0.25, 0.3) is 0 Å². The topological polar surface area (TPSA) is 57.7 Å². The Labute approximate surface area is 148 Å². The van der Waals surface area contributed by atoms with Crippen LogP contribution in [0.5, 0.6) is 5.88 Å². The first-order valence-corrected chi connectivity index (χ1v) is 8.67. The summed E-state index contributed by atoms with van der Waals surface area (Å²) in [5.41, 5.74) is 2.10. The molecule has 1 aliphatic rings. The molecule has 1 N–H and O–H groups in total. The van der Waals surface area contributed by atoms with Gasteiger partial charge in [-0.15, -0.1) is 0 Å². The van der Waals surface area contributed by atoms with Gasteiger partial charge in [0.1, 0.15) is 0 Å². The van der Waals surface area contributed by atoms with Crippen molar-refractivity contribution in [2.45, 2.75) is 13.5 Å². The van der Waals surface area contributed by atoms with Gasteiger partial charge in [-0.1, -0.05) is 24.3 Å². The molecule has 0 radical (unpaired) electrons. The third-order valence-corrected chi connectivity index (χ3v) is 4.25. The highest BCUT2D eigenvalue weighted by Crippen LogP contribution is 2.16. The summed E-state index contributed by atoms with van der Waals surface area (Å²) in [6.07, 6.45) is 1.69. The number of benzene rings is 1. The Morgan fingerprint density at radius 1 is 1.12 bits per heavy atom. The number of hydrogen-bond donors (Lipinski definition) is 1. The van der Waals surface area contributed by atoms with Gasteiger partial charge < -0.3 is 19.9 Å². The molecule has 1 aromatic heterocycles. The van der Waals surface area contributed by atoms with Gasteiger partial charge in [-0.3, -0.25) is 0 Å². The first-order chi connectivity index (χ1) is 12.3. The van der Waals surface area contributed by atoms with Crippen molar-refractivity contribution < 1.29 is 9.53 Å². The van der Waals surface area contributed by atoms with Crippen molar-refractivity contribution >= 4 is 11.7 Å². The Morgan fingerprint density at radius 2 is 1.88 bits per heavy atom. The predicted molar refractivity (Wildman–Crippen MR) is 97.9 cm³/mol. The molecule has 132 valence electrons. The predicted octanol–water partition coefficient (Wildman–Crippen LogP) is 2.51. The zero-order chi connectivity index (χ0) is 17.5. The van der Waals surface area contributed by atoms with Crippen LogP contribution in [0.1, 0.15) is 12.5 Å². The molecule has 0 unspecified atom stereocenters. The van der Waals surface area contributed by atoms with Crippen molar-refractivity contribution in [1.82, 2.24) is 15.2 Å². The Hall–Kier alpha value is -2.76. The number of amides is 2. The third kappa shape index (κ3) is 4.41. The fourth-order valence-corrected chi connectivity index (χ4v) is 2.91. The molecule has 1 fully saturated rings. The molecule has 0 spiro atoms. The lowest BCUT2D eigenvalue weighted by atomic mass is 10.2. The fourth-order valence-electron chi connectivity index (χ4n) is 2.91. The van der Waals surface area contributed by atoms with E-state index in [9.17, 15) is 4.79 Å². The molecular weight excluding hydrogens is 316 g/mol. The minimum Gasteiger partial charge on any atom is -0.478 e. The fraction of sp³-hybridized carbons (Fsp3) is 0.368. The van der Waals surface area contributed by atoms with E-state index < -0.39 is 0 Å². The van der Waals surface area contributed by atoms with E-state index in [1.807, 2.05) is 42.2 Å². The van der Waals surface area contributed by atoms with E-state index in [4.69, 9.17) is 4.74 Å². The van der Waals surface area contributed by atoms with E-state index >= 15 is 0 Å². The summed E-state index contributed by atoms with van der Waals surface area (Å²) in [7, 11) is 0. The Morgan fingerprint density at radius 3 is 2.60 bits per heavy atom. The first-order valence-electron chi connectivity index (χ1n) is 8.67. The maximum Gasteiger partial charge on any atom is 0.317 e. The van der Waals surface area contributed by atoms with E-state index in [1.165, 1.54) is 5.69 Å². The summed E-state index contributed by atoms with van der Waals surface area (Å²) >= 11 is 0. The van der Waals surface area contributed by atoms with E-state index in [1.54, 1.807) is 6.20 Å². The monoisotopic (exact) mass is 340 g/mol. The normalized spacial score (nSPS) is 14.3. The molecule has 1 aliphatic heterocycles. The van der Waals surface area contributed by atoms with Crippen molar-refractivity contribution in [2.24, 2.45) is 0 Å². The van der Waals surface area contributed by atoms with E-state index in [2.05, 4.69) is 27.3 Å². The van der Waals surface area contributed by atoms with Gasteiger partial charge in [-0.25, -0.2) is 9.78 Å². The maximum atomic E-state index is 12.4. The molecular formula is C19H24N4O2. The Balaban J connectivity index is 1.50. The number of rotatable bonds is 5. The van der Waals surface area contributed by atoms with E-state index in [0.29, 0.717) is 32.1 Å². The lowest BCUT2D eigenvalue weighted by molar-refractivity contribution is 0.193. The number of anilines is 1. The SMILES string of the molecule is CCOc1ncccc1CNC(=O)N1CCN(c2ccccc2)CC1. The molecule has 1 saturated heterocycles. The molecule has 2 heterocycles. The van der Waals surface area contributed by atoms with Crippen LogP contribution < -0.4 is 15.0 Å². The second-order valence-corrected chi connectivity index (χ2v) is 5.87. The molecule has 6 nitrogen and oxygen atoms in total. The zero-order valence-corrected chi connectivity index (χ0v) is 14.5. The van der Waals surface area contributed by atoms with Crippen LogP contribution in [-0.2, 0) is 6.54 Å². The molecule has 0 saturated carbocycles. The molecule has 3 rings (SSSR count). The lowest BCUT2D eigenvalue weighted by Gasteiger charge is -2.36. The third-order valence-electron chi connectivity index (χ3n) is 4.25. The average molecular weight is 340 g/mol. The van der Waals surface area contributed by atoms with Gasteiger partial charge in [0.2, 0.25) is 5.88 Å². The van der Waals surface area contributed by atoms with Crippen molar-refractivity contribution in [3.63, 3.8) is 0 Å². The van der Waals surface area contributed by atoms with Crippen LogP contribution in [0.15, 0.2) is 48.7 Å². The van der Waals surface area contributed by atoms with Crippen LogP contribution in [0.2, 0.25) is 0 Å². The second-order valence-electron chi connectivity index (χ2n) is 5.87. The molecule has 0 bridgehead atoms. The maximum absolute atomic E-state index is 12.4. The zero-order valence-electron chi connectivity index (χ0n) is 14.5. The number of aromatic nitrogens is 1. The number of carbonyl (C=O) groups excluding carboxylic acids is 1. The number of para-hydroxylation sites is 1. The van der Waals surface area contributed by atoms with Gasteiger partial charge >= 0.3 is 6.03 Å². The summed E-state index contributed by atoms with van der Waals surface area (Å²) in [6, 6.07) is 14.0. The molecule has 0 aliphatic carbocycles. The number of nitrogens with zero attached hydrogens (tertiary/aromatic N) is 3. The minimum atomic E-state index is -0.0426. The highest BCUT2D eigenvalue weighted by Gasteiger charge is 2.21. The summed E-state index contributed by atoms with van der Waals surface area (Å²) in [5.74, 6) is 0.583. The van der Waals surface area contributed by atoms with E-state index in [0.717, 1.165) is 18.7 Å². The summed E-state index contributed by atoms with van der Waals surface area (Å²) in [4.78, 5) is 20.8. The van der Waals surface area contributed by atoms with Crippen LogP contribution in [0, 0.1) is 0 Å². The summed E-state index contributed by atoms with van der Waals surface area (Å²) in [5, 5.41) is 2.97. The highest BCUT2D eigenvalue weighted by molar-refractivity contribution is 5.74. The quantitative estimate of drug-likeness (QED) is 0.909. The van der Waals surface area contributed by atoms with Gasteiger partial charge in [-0.2, -0.15) is 0 Å². The molecule has 1 aromatic carbocycles. The van der Waals surface area contributed by atoms with Crippen LogP contribution in [0.25, 0.3) is 0 Å². The number of carbonyl (C=O) groups is 1. The number of urea groups is 1. The van der Waals surface area contributed by atoms with Gasteiger partial charge in [-0.05, 0) is 25.1 Å². The van der Waals surface area contributed by atoms with Crippen LogP contribution in [0.4, 0.5) is 10.5 Å². The van der Waals surface area contributed by atoms with Crippen LogP contribution >= 0.6 is 0 Å². The number of ether oxygens (including phenoxy) is 1. The van der Waals surface area contributed by atoms with Crippen molar-refractivity contribution in [1.29, 1.82) is 0 Å². The van der Waals surface area contributed by atoms with Crippen LogP contribution in [-0.4, -0.2) is 48.7 Å². The number of hydrogen-bond acceptors (Lipinski definition) is 4. The summed E-state index contributed by atoms with van der Waals surface area (Å²) < 4.78 is 5.50. The standard InChI is InChI=1S/C19H24N4O2/c1-2-25-18-16(7-6-10-20-18)15-21-19(24)23-13-11-22(12-14-23)17-8-4-3-5-9-17/h3-10H,2,11-15H2,1H3,(H,21,24). The Bertz CT molecular complexity index is 685. The number of piperazine rings is 1. The summed E-state index contributed by atoms with van der Waals surface area (Å²) in [6.45, 7) is 6.00. The molecule has 2 aromatic rings. The van der Waals surface area contributed by atoms with Crippen LogP contribution in [0.3, 0.4) is 0 Å². The number of nitrogens with one attached hydrogen (secondary N) is 1. The van der Waals surface area contributed by atoms with Gasteiger partial charge in [0.05, 0.1) is 6.61 Å². The van der Waals surface area contributed by atoms with Crippen molar-refractivity contribution in [3.05, 3.63) is 54.2 Å². The molecule has 0 atom stereocenters. The van der Waals surface area contributed by atoms with Crippen molar-refractivity contribution in [2.75, 3.05) is 37.7 Å². The largest absolute Gasteiger partial charge is 0.478 e. The van der Waals surface area contributed by atoms with Gasteiger partial charge in [0, 0.05) is 50.2 Å².